The number of amides is 1. The van der Waals surface area contributed by atoms with Gasteiger partial charge in [0.2, 0.25) is 11.8 Å². The van der Waals surface area contributed by atoms with E-state index in [-0.39, 0.29) is 11.9 Å². The van der Waals surface area contributed by atoms with Gasteiger partial charge in [-0.1, -0.05) is 24.6 Å². The van der Waals surface area contributed by atoms with E-state index in [1.165, 1.54) is 0 Å². The van der Waals surface area contributed by atoms with Gasteiger partial charge in [0.25, 0.3) is 0 Å². The van der Waals surface area contributed by atoms with Crippen LogP contribution in [0.4, 0.5) is 5.69 Å². The van der Waals surface area contributed by atoms with Gasteiger partial charge in [-0.05, 0) is 49.7 Å². The normalized spacial score (nSPS) is 17.2. The summed E-state index contributed by atoms with van der Waals surface area (Å²) >= 11 is 0. The maximum atomic E-state index is 12.8. The van der Waals surface area contributed by atoms with Gasteiger partial charge in [0, 0.05) is 6.07 Å². The topological polar surface area (TPSA) is 67.6 Å². The van der Waals surface area contributed by atoms with E-state index in [9.17, 15) is 4.79 Å². The van der Waals surface area contributed by atoms with Crippen molar-refractivity contribution >= 4 is 11.6 Å². The van der Waals surface area contributed by atoms with Crippen LogP contribution in [0.2, 0.25) is 0 Å². The maximum Gasteiger partial charge on any atom is 0.241 e. The number of pyridine rings is 1. The molecule has 0 unspecified atom stereocenters. The molecule has 3 aromatic rings. The largest absolute Gasteiger partial charge is 0.468 e. The number of benzene rings is 1. The Morgan fingerprint density at radius 2 is 2.04 bits per heavy atom. The molecule has 1 aliphatic heterocycles. The molecule has 1 amide bonds. The zero-order valence-electron chi connectivity index (χ0n) is 15.6. The predicted molar refractivity (Wildman–Crippen MR) is 106 cm³/mol. The third-order valence-corrected chi connectivity index (χ3v) is 4.82. The first-order valence-electron chi connectivity index (χ1n) is 9.54. The molecule has 0 saturated carbocycles. The third kappa shape index (κ3) is 4.58. The van der Waals surface area contributed by atoms with E-state index in [1.54, 1.807) is 18.5 Å². The lowest BCUT2D eigenvalue weighted by atomic mass is 10.0. The number of hydrogen-bond donors (Lipinski definition) is 1. The predicted octanol–water partition coefficient (Wildman–Crippen LogP) is 4.46. The summed E-state index contributed by atoms with van der Waals surface area (Å²) in [5.74, 6) is 2.08. The van der Waals surface area contributed by atoms with E-state index in [1.807, 2.05) is 48.5 Å². The van der Waals surface area contributed by atoms with Crippen LogP contribution in [-0.4, -0.2) is 28.4 Å². The van der Waals surface area contributed by atoms with E-state index < -0.39 is 0 Å². The van der Waals surface area contributed by atoms with E-state index >= 15 is 0 Å². The molecule has 1 saturated heterocycles. The number of piperidine rings is 1. The minimum absolute atomic E-state index is 0.00946. The number of para-hydroxylation sites is 1. The number of likely N-dealkylation sites (tertiary alicyclic amines) is 1. The van der Waals surface area contributed by atoms with Crippen molar-refractivity contribution in [2.24, 2.45) is 0 Å². The molecule has 28 heavy (non-hydrogen) atoms. The summed E-state index contributed by atoms with van der Waals surface area (Å²) in [6, 6.07) is 16.7. The fraction of sp³-hybridized carbons (Fsp3) is 0.273. The van der Waals surface area contributed by atoms with Gasteiger partial charge in [-0.25, -0.2) is 4.98 Å². The van der Waals surface area contributed by atoms with E-state index in [0.29, 0.717) is 18.1 Å². The van der Waals surface area contributed by atoms with Crippen LogP contribution >= 0.6 is 0 Å². The Morgan fingerprint density at radius 1 is 1.14 bits per heavy atom. The van der Waals surface area contributed by atoms with Gasteiger partial charge >= 0.3 is 0 Å². The van der Waals surface area contributed by atoms with Gasteiger partial charge in [0.05, 0.1) is 30.7 Å². The van der Waals surface area contributed by atoms with Gasteiger partial charge in [-0.2, -0.15) is 0 Å². The fourth-order valence-electron chi connectivity index (χ4n) is 3.43. The summed E-state index contributed by atoms with van der Waals surface area (Å²) in [5, 5.41) is 2.98. The first-order chi connectivity index (χ1) is 13.8. The fourth-order valence-corrected chi connectivity index (χ4v) is 3.43. The van der Waals surface area contributed by atoms with Crippen molar-refractivity contribution in [2.45, 2.75) is 31.8 Å². The number of carbonyl (C=O) groups is 1. The molecule has 0 radical (unpaired) electrons. The van der Waals surface area contributed by atoms with Crippen molar-refractivity contribution in [3.63, 3.8) is 0 Å². The zero-order chi connectivity index (χ0) is 19.2. The molecular formula is C22H23N3O3. The number of carbonyl (C=O) groups excluding carboxylic acids is 1. The Hall–Kier alpha value is -3.12. The Labute approximate surface area is 164 Å². The highest BCUT2D eigenvalue weighted by Crippen LogP contribution is 2.23. The standard InChI is InChI=1S/C22H23N3O3/c26-22(20-10-4-5-13-25(20)16-19-9-6-14-27-19)24-17-11-12-21(23-15-17)28-18-7-2-1-3-8-18/h1-3,6-9,11-12,14-15,20H,4-5,10,13,16H2,(H,24,26)/t20-/m1/s1. The highest BCUT2D eigenvalue weighted by Gasteiger charge is 2.29. The van der Waals surface area contributed by atoms with E-state index in [0.717, 1.165) is 37.3 Å². The summed E-state index contributed by atoms with van der Waals surface area (Å²) in [7, 11) is 0. The van der Waals surface area contributed by atoms with Crippen molar-refractivity contribution in [2.75, 3.05) is 11.9 Å². The van der Waals surface area contributed by atoms with E-state index in [2.05, 4.69) is 15.2 Å². The Bertz CT molecular complexity index is 879. The van der Waals surface area contributed by atoms with Crippen molar-refractivity contribution in [1.29, 1.82) is 0 Å². The number of anilines is 1. The maximum absolute atomic E-state index is 12.8. The number of aromatic nitrogens is 1. The van der Waals surface area contributed by atoms with Crippen molar-refractivity contribution < 1.29 is 13.9 Å². The lowest BCUT2D eigenvalue weighted by Crippen LogP contribution is -2.46. The molecule has 0 aliphatic carbocycles. The van der Waals surface area contributed by atoms with Gasteiger partial charge in [-0.3, -0.25) is 9.69 Å². The second kappa shape index (κ2) is 8.71. The highest BCUT2D eigenvalue weighted by molar-refractivity contribution is 5.94. The average Bonchev–Trinajstić information content (AvgIpc) is 3.24. The van der Waals surface area contributed by atoms with Crippen molar-refractivity contribution in [3.8, 4) is 11.6 Å². The Balaban J connectivity index is 1.37. The van der Waals surface area contributed by atoms with E-state index in [4.69, 9.17) is 9.15 Å². The quantitative estimate of drug-likeness (QED) is 0.687. The molecular weight excluding hydrogens is 354 g/mol. The number of ether oxygens (including phenoxy) is 1. The average molecular weight is 377 g/mol. The Kier molecular flexibility index (Phi) is 5.68. The summed E-state index contributed by atoms with van der Waals surface area (Å²) in [6.45, 7) is 1.54. The molecule has 1 N–H and O–H groups in total. The number of hydrogen-bond acceptors (Lipinski definition) is 5. The van der Waals surface area contributed by atoms with Crippen LogP contribution in [0.1, 0.15) is 25.0 Å². The summed E-state index contributed by atoms with van der Waals surface area (Å²) in [5.41, 5.74) is 0.661. The highest BCUT2D eigenvalue weighted by atomic mass is 16.5. The number of nitrogens with zero attached hydrogens (tertiary/aromatic N) is 2. The third-order valence-electron chi connectivity index (χ3n) is 4.82. The molecule has 6 nitrogen and oxygen atoms in total. The zero-order valence-corrected chi connectivity index (χ0v) is 15.6. The molecule has 1 aliphatic rings. The molecule has 0 bridgehead atoms. The molecule has 2 aromatic heterocycles. The molecule has 3 heterocycles. The Morgan fingerprint density at radius 3 is 2.79 bits per heavy atom. The summed E-state index contributed by atoms with van der Waals surface area (Å²) in [6.07, 6.45) is 6.27. The van der Waals surface area contributed by atoms with Crippen LogP contribution in [0, 0.1) is 0 Å². The van der Waals surface area contributed by atoms with Crippen LogP contribution < -0.4 is 10.1 Å². The molecule has 1 atom stereocenters. The monoisotopic (exact) mass is 377 g/mol. The first-order valence-corrected chi connectivity index (χ1v) is 9.54. The number of rotatable bonds is 6. The van der Waals surface area contributed by atoms with Crippen LogP contribution in [-0.2, 0) is 11.3 Å². The van der Waals surface area contributed by atoms with Crippen LogP contribution in [0.15, 0.2) is 71.5 Å². The molecule has 144 valence electrons. The smallest absolute Gasteiger partial charge is 0.241 e. The molecule has 6 heteroatoms. The lowest BCUT2D eigenvalue weighted by molar-refractivity contribution is -0.122. The van der Waals surface area contributed by atoms with Crippen LogP contribution in [0.5, 0.6) is 11.6 Å². The van der Waals surface area contributed by atoms with Gasteiger partial charge in [0.1, 0.15) is 11.5 Å². The summed E-state index contributed by atoms with van der Waals surface area (Å²) < 4.78 is 11.1. The molecule has 0 spiro atoms. The second-order valence-electron chi connectivity index (χ2n) is 6.85. The van der Waals surface area contributed by atoms with Gasteiger partial charge in [-0.15, -0.1) is 0 Å². The molecule has 4 rings (SSSR count). The minimum Gasteiger partial charge on any atom is -0.468 e. The first kappa shape index (κ1) is 18.3. The van der Waals surface area contributed by atoms with Crippen molar-refractivity contribution in [3.05, 3.63) is 72.8 Å². The second-order valence-corrected chi connectivity index (χ2v) is 6.85. The minimum atomic E-state index is -0.168. The van der Waals surface area contributed by atoms with Gasteiger partial charge in [0.15, 0.2) is 0 Å². The van der Waals surface area contributed by atoms with Crippen LogP contribution in [0.3, 0.4) is 0 Å². The SMILES string of the molecule is O=C(Nc1ccc(Oc2ccccc2)nc1)[C@H]1CCCCN1Cc1ccco1. The molecule has 1 aromatic carbocycles. The lowest BCUT2D eigenvalue weighted by Gasteiger charge is -2.33. The number of furan rings is 1. The van der Waals surface area contributed by atoms with Gasteiger partial charge < -0.3 is 14.5 Å². The van der Waals surface area contributed by atoms with Crippen molar-refractivity contribution in [1.82, 2.24) is 9.88 Å². The molecule has 1 fully saturated rings. The van der Waals surface area contributed by atoms with Crippen LogP contribution in [0.25, 0.3) is 0 Å². The number of nitrogens with one attached hydrogen (secondary N) is 1. The summed E-state index contributed by atoms with van der Waals surface area (Å²) in [4.78, 5) is 19.3.